The van der Waals surface area contributed by atoms with Gasteiger partial charge in [-0.05, 0) is 5.56 Å². The lowest BCUT2D eigenvalue weighted by molar-refractivity contribution is 0.703. The second kappa shape index (κ2) is 7.19. The average molecular weight is 361 g/mol. The minimum Gasteiger partial charge on any atom is -0.351 e. The summed E-state index contributed by atoms with van der Waals surface area (Å²) in [7, 11) is 3.95. The van der Waals surface area contributed by atoms with Crippen LogP contribution in [0.4, 0.5) is 5.82 Å². The van der Waals surface area contributed by atoms with Crippen molar-refractivity contribution in [1.29, 1.82) is 0 Å². The summed E-state index contributed by atoms with van der Waals surface area (Å²) in [5, 5.41) is 5.31. The van der Waals surface area contributed by atoms with Gasteiger partial charge >= 0.3 is 0 Å². The number of imidazole rings is 1. The Kier molecular flexibility index (Phi) is 4.58. The molecule has 0 atom stereocenters. The van der Waals surface area contributed by atoms with Crippen LogP contribution in [0, 0.1) is 0 Å². The molecule has 0 saturated carbocycles. The minimum atomic E-state index is 0.657. The first-order valence-corrected chi connectivity index (χ1v) is 9.09. The van der Waals surface area contributed by atoms with Gasteiger partial charge in [-0.15, -0.1) is 0 Å². The summed E-state index contributed by atoms with van der Waals surface area (Å²) in [6.45, 7) is 3.52. The highest BCUT2D eigenvalue weighted by atomic mass is 15.3. The largest absolute Gasteiger partial charge is 0.351 e. The van der Waals surface area contributed by atoms with Crippen LogP contribution in [0.25, 0.3) is 11.0 Å². The predicted molar refractivity (Wildman–Crippen MR) is 106 cm³/mol. The molecule has 4 rings (SSSR count). The molecule has 0 aliphatic carbocycles. The van der Waals surface area contributed by atoms with E-state index < -0.39 is 0 Å². The number of hydrogen-bond donors (Lipinski definition) is 0. The first kappa shape index (κ1) is 17.2. The highest BCUT2D eigenvalue weighted by Gasteiger charge is 2.16. The molecular formula is C20H23N7. The van der Waals surface area contributed by atoms with Gasteiger partial charge in [0.05, 0.1) is 18.1 Å². The summed E-state index contributed by atoms with van der Waals surface area (Å²) in [6.07, 6.45) is 6.48. The van der Waals surface area contributed by atoms with E-state index in [4.69, 9.17) is 4.98 Å². The molecule has 0 aliphatic heterocycles. The highest BCUT2D eigenvalue weighted by Crippen LogP contribution is 2.24. The average Bonchev–Trinajstić information content (AvgIpc) is 3.28. The van der Waals surface area contributed by atoms with Crippen LogP contribution < -0.4 is 4.90 Å². The van der Waals surface area contributed by atoms with E-state index in [1.807, 2.05) is 38.8 Å². The molecule has 4 aromatic rings. The molecule has 3 heterocycles. The lowest BCUT2D eigenvalue weighted by atomic mass is 10.2. The molecule has 0 amide bonds. The summed E-state index contributed by atoms with van der Waals surface area (Å²) in [5.41, 5.74) is 2.11. The molecule has 7 nitrogen and oxygen atoms in total. The number of nitrogens with zero attached hydrogens (tertiary/aromatic N) is 7. The number of fused-ring (bicyclic) bond motifs is 1. The molecule has 0 aliphatic rings. The topological polar surface area (TPSA) is 64.7 Å². The van der Waals surface area contributed by atoms with E-state index >= 15 is 0 Å². The number of rotatable bonds is 6. The molecule has 3 aromatic heterocycles. The summed E-state index contributed by atoms with van der Waals surface area (Å²) >= 11 is 0. The molecule has 0 spiro atoms. The van der Waals surface area contributed by atoms with Crippen LogP contribution in [0.2, 0.25) is 0 Å². The molecule has 0 bridgehead atoms. The number of aryl methyl sites for hydroxylation is 2. The molecule has 0 fully saturated rings. The van der Waals surface area contributed by atoms with Crippen LogP contribution in [-0.4, -0.2) is 36.3 Å². The SMILES string of the molecule is CCc1nc(N(C)Cc2nccn2Cc2ccccc2)c2cnn(C)c2n1. The number of anilines is 1. The summed E-state index contributed by atoms with van der Waals surface area (Å²) in [4.78, 5) is 16.0. The van der Waals surface area contributed by atoms with Crippen LogP contribution in [0.15, 0.2) is 48.9 Å². The first-order chi connectivity index (χ1) is 13.2. The van der Waals surface area contributed by atoms with E-state index in [0.717, 1.165) is 41.5 Å². The molecule has 27 heavy (non-hydrogen) atoms. The van der Waals surface area contributed by atoms with Gasteiger partial charge in [0.1, 0.15) is 17.5 Å². The Morgan fingerprint density at radius 1 is 1.11 bits per heavy atom. The fourth-order valence-electron chi connectivity index (χ4n) is 3.20. The van der Waals surface area contributed by atoms with Crippen molar-refractivity contribution in [3.63, 3.8) is 0 Å². The summed E-state index contributed by atoms with van der Waals surface area (Å²) < 4.78 is 3.97. The zero-order chi connectivity index (χ0) is 18.8. The Hall–Kier alpha value is -3.22. The second-order valence-corrected chi connectivity index (χ2v) is 6.64. The smallest absolute Gasteiger partial charge is 0.163 e. The monoisotopic (exact) mass is 361 g/mol. The number of hydrogen-bond acceptors (Lipinski definition) is 5. The zero-order valence-corrected chi connectivity index (χ0v) is 15.9. The third kappa shape index (κ3) is 3.40. The maximum Gasteiger partial charge on any atom is 0.163 e. The van der Waals surface area contributed by atoms with Gasteiger partial charge in [-0.25, -0.2) is 15.0 Å². The van der Waals surface area contributed by atoms with Crippen molar-refractivity contribution in [3.8, 4) is 0 Å². The lowest BCUT2D eigenvalue weighted by Gasteiger charge is -2.20. The fourth-order valence-corrected chi connectivity index (χ4v) is 3.20. The number of aromatic nitrogens is 6. The Morgan fingerprint density at radius 2 is 1.93 bits per heavy atom. The van der Waals surface area contributed by atoms with Crippen LogP contribution in [0.1, 0.15) is 24.1 Å². The summed E-state index contributed by atoms with van der Waals surface area (Å²) in [6, 6.07) is 10.4. The minimum absolute atomic E-state index is 0.657. The zero-order valence-electron chi connectivity index (χ0n) is 15.9. The van der Waals surface area contributed by atoms with Crippen molar-refractivity contribution in [1.82, 2.24) is 29.3 Å². The number of benzene rings is 1. The van der Waals surface area contributed by atoms with Gasteiger partial charge in [0.2, 0.25) is 0 Å². The van der Waals surface area contributed by atoms with Crippen LogP contribution in [0.3, 0.4) is 0 Å². The van der Waals surface area contributed by atoms with E-state index in [1.165, 1.54) is 5.56 Å². The lowest BCUT2D eigenvalue weighted by Crippen LogP contribution is -2.22. The van der Waals surface area contributed by atoms with E-state index in [0.29, 0.717) is 6.54 Å². The molecule has 0 radical (unpaired) electrons. The first-order valence-electron chi connectivity index (χ1n) is 9.09. The molecule has 1 aromatic carbocycles. The van der Waals surface area contributed by atoms with Gasteiger partial charge < -0.3 is 9.47 Å². The Morgan fingerprint density at radius 3 is 2.70 bits per heavy atom. The Balaban J connectivity index is 1.63. The molecule has 138 valence electrons. The Labute approximate surface area is 158 Å². The molecule has 0 N–H and O–H groups in total. The van der Waals surface area contributed by atoms with Gasteiger partial charge in [0.25, 0.3) is 0 Å². The van der Waals surface area contributed by atoms with Gasteiger partial charge in [0.15, 0.2) is 5.65 Å². The van der Waals surface area contributed by atoms with Crippen molar-refractivity contribution >= 4 is 16.9 Å². The van der Waals surface area contributed by atoms with Crippen molar-refractivity contribution in [2.75, 3.05) is 11.9 Å². The third-order valence-electron chi connectivity index (χ3n) is 4.67. The van der Waals surface area contributed by atoms with Crippen LogP contribution in [-0.2, 0) is 26.6 Å². The van der Waals surface area contributed by atoms with E-state index in [2.05, 4.69) is 55.7 Å². The van der Waals surface area contributed by atoms with E-state index in [9.17, 15) is 0 Å². The quantitative estimate of drug-likeness (QED) is 0.528. The van der Waals surface area contributed by atoms with Crippen molar-refractivity contribution in [3.05, 3.63) is 66.1 Å². The van der Waals surface area contributed by atoms with Gasteiger partial charge in [-0.1, -0.05) is 37.3 Å². The Bertz CT molecular complexity index is 1050. The van der Waals surface area contributed by atoms with Crippen molar-refractivity contribution in [2.24, 2.45) is 7.05 Å². The van der Waals surface area contributed by atoms with Gasteiger partial charge in [-0.2, -0.15) is 5.10 Å². The maximum atomic E-state index is 4.75. The highest BCUT2D eigenvalue weighted by molar-refractivity contribution is 5.86. The maximum absolute atomic E-state index is 4.75. The van der Waals surface area contributed by atoms with Gasteiger partial charge in [-0.3, -0.25) is 4.68 Å². The third-order valence-corrected chi connectivity index (χ3v) is 4.67. The van der Waals surface area contributed by atoms with Crippen LogP contribution in [0.5, 0.6) is 0 Å². The van der Waals surface area contributed by atoms with Crippen LogP contribution >= 0.6 is 0 Å². The van der Waals surface area contributed by atoms with E-state index in [1.54, 1.807) is 4.68 Å². The predicted octanol–water partition coefficient (Wildman–Crippen LogP) is 2.81. The molecule has 0 saturated heterocycles. The van der Waals surface area contributed by atoms with Crippen molar-refractivity contribution in [2.45, 2.75) is 26.4 Å². The summed E-state index contributed by atoms with van der Waals surface area (Å²) in [5.74, 6) is 2.70. The van der Waals surface area contributed by atoms with Gasteiger partial charge in [0, 0.05) is 39.5 Å². The molecule has 7 heteroatoms. The fraction of sp³-hybridized carbons (Fsp3) is 0.300. The standard InChI is InChI=1S/C20H23N7/c1-4-17-23-19(16-12-22-26(3)20(16)24-17)25(2)14-18-21-10-11-27(18)13-15-8-6-5-7-9-15/h5-12H,4,13-14H2,1-3H3. The van der Waals surface area contributed by atoms with Crippen molar-refractivity contribution < 1.29 is 0 Å². The normalized spacial score (nSPS) is 11.2. The second-order valence-electron chi connectivity index (χ2n) is 6.64. The molecular weight excluding hydrogens is 338 g/mol. The molecule has 0 unspecified atom stereocenters. The van der Waals surface area contributed by atoms with E-state index in [-0.39, 0.29) is 0 Å².